The van der Waals surface area contributed by atoms with Gasteiger partial charge in [-0.1, -0.05) is 6.92 Å². The smallest absolute Gasteiger partial charge is 0.255 e. The van der Waals surface area contributed by atoms with E-state index in [1.165, 1.54) is 17.7 Å². The Morgan fingerprint density at radius 2 is 2.24 bits per heavy atom. The van der Waals surface area contributed by atoms with Gasteiger partial charge in [0.05, 0.1) is 0 Å². The van der Waals surface area contributed by atoms with Crippen molar-refractivity contribution >= 4 is 0 Å². The minimum absolute atomic E-state index is 0.203. The van der Waals surface area contributed by atoms with Gasteiger partial charge in [-0.25, -0.2) is 0 Å². The molecule has 3 heteroatoms. The molecule has 0 saturated carbocycles. The fourth-order valence-corrected chi connectivity index (χ4v) is 2.70. The summed E-state index contributed by atoms with van der Waals surface area (Å²) in [6.45, 7) is 4.95. The summed E-state index contributed by atoms with van der Waals surface area (Å²) >= 11 is 0. The van der Waals surface area contributed by atoms with Crippen molar-refractivity contribution in [3.8, 4) is 0 Å². The first-order valence-electron chi connectivity index (χ1n) is 6.59. The Bertz CT molecular complexity index is 462. The van der Waals surface area contributed by atoms with Crippen molar-refractivity contribution in [2.45, 2.75) is 52.1 Å². The molecule has 0 fully saturated rings. The van der Waals surface area contributed by atoms with Gasteiger partial charge in [0.15, 0.2) is 0 Å². The van der Waals surface area contributed by atoms with E-state index in [0.29, 0.717) is 12.6 Å². The molecule has 0 bridgehead atoms. The van der Waals surface area contributed by atoms with Crippen LogP contribution in [0.15, 0.2) is 10.9 Å². The summed E-state index contributed by atoms with van der Waals surface area (Å²) in [7, 11) is 1.89. The topological polar surface area (TPSA) is 34.0 Å². The van der Waals surface area contributed by atoms with Crippen LogP contribution in [0.4, 0.5) is 0 Å². The van der Waals surface area contributed by atoms with E-state index in [2.05, 4.69) is 25.2 Å². The van der Waals surface area contributed by atoms with Crippen LogP contribution in [0.3, 0.4) is 0 Å². The van der Waals surface area contributed by atoms with E-state index in [9.17, 15) is 4.79 Å². The Morgan fingerprint density at radius 1 is 1.47 bits per heavy atom. The molecule has 0 aromatic carbocycles. The molecule has 1 heterocycles. The molecule has 2 rings (SSSR count). The lowest BCUT2D eigenvalue weighted by molar-refractivity contribution is 0.492. The number of fused-ring (bicyclic) bond motifs is 1. The van der Waals surface area contributed by atoms with Crippen LogP contribution in [0.1, 0.15) is 49.6 Å². The predicted octanol–water partition coefficient (Wildman–Crippen LogP) is 2.03. The Hall–Kier alpha value is -1.09. The predicted molar refractivity (Wildman–Crippen MR) is 70.5 cm³/mol. The number of aryl methyl sites for hydroxylation is 1. The van der Waals surface area contributed by atoms with Crippen molar-refractivity contribution in [3.05, 3.63) is 33.2 Å². The van der Waals surface area contributed by atoms with Crippen molar-refractivity contribution in [2.24, 2.45) is 0 Å². The summed E-state index contributed by atoms with van der Waals surface area (Å²) in [5.41, 5.74) is 3.78. The maximum Gasteiger partial charge on any atom is 0.255 e. The lowest BCUT2D eigenvalue weighted by Crippen LogP contribution is -2.31. The van der Waals surface area contributed by atoms with Crippen molar-refractivity contribution in [1.29, 1.82) is 0 Å². The number of nitrogens with one attached hydrogen (secondary N) is 1. The second-order valence-corrected chi connectivity index (χ2v) is 4.96. The van der Waals surface area contributed by atoms with Crippen molar-refractivity contribution in [1.82, 2.24) is 9.88 Å². The maximum absolute atomic E-state index is 12.4. The fraction of sp³-hybridized carbons (Fsp3) is 0.643. The van der Waals surface area contributed by atoms with E-state index in [1.54, 1.807) is 0 Å². The minimum Gasteiger partial charge on any atom is -0.315 e. The average molecular weight is 234 g/mol. The molecule has 0 aliphatic heterocycles. The summed E-state index contributed by atoms with van der Waals surface area (Å²) in [4.78, 5) is 12.4. The molecule has 1 atom stereocenters. The molecular weight excluding hydrogens is 212 g/mol. The highest BCUT2D eigenvalue weighted by Crippen LogP contribution is 2.24. The third kappa shape index (κ3) is 2.16. The third-order valence-corrected chi connectivity index (χ3v) is 3.76. The molecule has 1 N–H and O–H groups in total. The molecule has 1 unspecified atom stereocenters. The Labute approximate surface area is 103 Å². The van der Waals surface area contributed by atoms with Crippen LogP contribution in [0, 0.1) is 0 Å². The summed E-state index contributed by atoms with van der Waals surface area (Å²) in [5.74, 6) is 0. The second-order valence-electron chi connectivity index (χ2n) is 4.96. The lowest BCUT2D eigenvalue weighted by atomic mass is 10.1. The van der Waals surface area contributed by atoms with Crippen LogP contribution in [0.5, 0.6) is 0 Å². The van der Waals surface area contributed by atoms with Crippen molar-refractivity contribution < 1.29 is 0 Å². The Morgan fingerprint density at radius 3 is 2.88 bits per heavy atom. The normalized spacial score (nSPS) is 15.9. The van der Waals surface area contributed by atoms with Crippen LogP contribution >= 0.6 is 0 Å². The number of hydrogen-bond donors (Lipinski definition) is 1. The highest BCUT2D eigenvalue weighted by molar-refractivity contribution is 5.31. The molecule has 0 saturated heterocycles. The molecule has 0 spiro atoms. The van der Waals surface area contributed by atoms with Gasteiger partial charge in [0, 0.05) is 23.8 Å². The summed E-state index contributed by atoms with van der Waals surface area (Å²) in [6, 6.07) is 2.42. The van der Waals surface area contributed by atoms with E-state index < -0.39 is 0 Å². The molecule has 94 valence electrons. The quantitative estimate of drug-likeness (QED) is 0.865. The zero-order valence-corrected chi connectivity index (χ0v) is 11.0. The summed E-state index contributed by atoms with van der Waals surface area (Å²) in [5, 5.41) is 3.09. The van der Waals surface area contributed by atoms with E-state index in [0.717, 1.165) is 24.8 Å². The average Bonchev–Trinajstić information content (AvgIpc) is 2.77. The van der Waals surface area contributed by atoms with Crippen LogP contribution < -0.4 is 10.9 Å². The first-order chi connectivity index (χ1) is 8.19. The molecule has 1 aliphatic rings. The van der Waals surface area contributed by atoms with Crippen LogP contribution in [-0.4, -0.2) is 11.6 Å². The van der Waals surface area contributed by atoms with Gasteiger partial charge in [-0.05, 0) is 51.3 Å². The van der Waals surface area contributed by atoms with Crippen LogP contribution in [-0.2, 0) is 19.4 Å². The summed E-state index contributed by atoms with van der Waals surface area (Å²) < 4.78 is 2.04. The van der Waals surface area contributed by atoms with E-state index >= 15 is 0 Å². The van der Waals surface area contributed by atoms with Gasteiger partial charge in [-0.15, -0.1) is 0 Å². The number of nitrogens with zero attached hydrogens (tertiary/aromatic N) is 1. The standard InChI is InChI=1S/C14H22N2O/c1-4-10(2)16-13-7-5-6-11(13)8-12(9-15-3)14(16)17/h8,10,15H,4-7,9H2,1-3H3. The number of hydrogen-bond acceptors (Lipinski definition) is 2. The van der Waals surface area contributed by atoms with Gasteiger partial charge in [-0.3, -0.25) is 4.79 Å². The lowest BCUT2D eigenvalue weighted by Gasteiger charge is -2.19. The van der Waals surface area contributed by atoms with Crippen molar-refractivity contribution in [2.75, 3.05) is 7.05 Å². The van der Waals surface area contributed by atoms with E-state index in [1.807, 2.05) is 11.6 Å². The van der Waals surface area contributed by atoms with Crippen LogP contribution in [0.2, 0.25) is 0 Å². The highest BCUT2D eigenvalue weighted by Gasteiger charge is 2.20. The molecule has 1 aromatic rings. The van der Waals surface area contributed by atoms with E-state index in [-0.39, 0.29) is 5.56 Å². The van der Waals surface area contributed by atoms with Crippen LogP contribution in [0.25, 0.3) is 0 Å². The molecule has 1 aliphatic carbocycles. The first kappa shape index (κ1) is 12.4. The van der Waals surface area contributed by atoms with Gasteiger partial charge < -0.3 is 9.88 Å². The fourth-order valence-electron chi connectivity index (χ4n) is 2.70. The Balaban J connectivity index is 2.58. The highest BCUT2D eigenvalue weighted by atomic mass is 16.1. The molecular formula is C14H22N2O. The minimum atomic E-state index is 0.203. The van der Waals surface area contributed by atoms with E-state index in [4.69, 9.17) is 0 Å². The van der Waals surface area contributed by atoms with Crippen molar-refractivity contribution in [3.63, 3.8) is 0 Å². The zero-order valence-electron chi connectivity index (χ0n) is 11.0. The third-order valence-electron chi connectivity index (χ3n) is 3.76. The molecule has 0 amide bonds. The van der Waals surface area contributed by atoms with Gasteiger partial charge in [0.2, 0.25) is 0 Å². The molecule has 3 nitrogen and oxygen atoms in total. The Kier molecular flexibility index (Phi) is 3.67. The monoisotopic (exact) mass is 234 g/mol. The van der Waals surface area contributed by atoms with Gasteiger partial charge in [0.1, 0.15) is 0 Å². The maximum atomic E-state index is 12.4. The molecule has 0 radical (unpaired) electrons. The summed E-state index contributed by atoms with van der Waals surface area (Å²) in [6.07, 6.45) is 4.39. The van der Waals surface area contributed by atoms with Gasteiger partial charge in [-0.2, -0.15) is 0 Å². The molecule has 1 aromatic heterocycles. The van der Waals surface area contributed by atoms with Gasteiger partial charge in [0.25, 0.3) is 5.56 Å². The number of aromatic nitrogens is 1. The second kappa shape index (κ2) is 5.05. The number of pyridine rings is 1. The SMILES string of the molecule is CCC(C)n1c2c(cc(CNC)c1=O)CCC2. The largest absolute Gasteiger partial charge is 0.315 e. The van der Waals surface area contributed by atoms with Gasteiger partial charge >= 0.3 is 0 Å². The molecule has 17 heavy (non-hydrogen) atoms. The first-order valence-corrected chi connectivity index (χ1v) is 6.59. The zero-order chi connectivity index (χ0) is 12.4. The number of rotatable bonds is 4.